The van der Waals surface area contributed by atoms with Gasteiger partial charge in [-0.15, -0.1) is 6.42 Å². The number of terminal acetylenes is 1. The molecule has 0 saturated heterocycles. The molecule has 2 nitrogen and oxygen atoms in total. The second-order valence-corrected chi connectivity index (χ2v) is 6.77. The molecule has 1 unspecified atom stereocenters. The Balaban J connectivity index is 2.10. The fourth-order valence-electron chi connectivity index (χ4n) is 2.50. The first kappa shape index (κ1) is 16.4. The standard InChI is InChI=1S/C18H25BrN2/c1-4-10-20-14(3)16-8-9-18(17(19)12-16)21(11-5-2)13-15-6-7-15/h2,8-9,12,14-15,20H,4,6-7,10-11,13H2,1,3H3. The molecule has 114 valence electrons. The van der Waals surface area contributed by atoms with Crippen molar-refractivity contribution in [3.8, 4) is 12.3 Å². The van der Waals surface area contributed by atoms with E-state index >= 15 is 0 Å². The Hall–Kier alpha value is -0.980. The highest BCUT2D eigenvalue weighted by atomic mass is 79.9. The quantitative estimate of drug-likeness (QED) is 0.702. The molecule has 3 heteroatoms. The summed E-state index contributed by atoms with van der Waals surface area (Å²) < 4.78 is 1.14. The first-order valence-electron chi connectivity index (χ1n) is 7.87. The summed E-state index contributed by atoms with van der Waals surface area (Å²) in [5, 5.41) is 3.53. The molecule has 2 rings (SSSR count). The molecule has 1 N–H and O–H groups in total. The van der Waals surface area contributed by atoms with Crippen LogP contribution in [0, 0.1) is 18.3 Å². The summed E-state index contributed by atoms with van der Waals surface area (Å²) in [6.07, 6.45) is 9.37. The van der Waals surface area contributed by atoms with Crippen LogP contribution in [0.3, 0.4) is 0 Å². The fourth-order valence-corrected chi connectivity index (χ4v) is 3.15. The molecule has 0 amide bonds. The molecule has 1 aliphatic rings. The van der Waals surface area contributed by atoms with Crippen LogP contribution in [0.2, 0.25) is 0 Å². The Kier molecular flexibility index (Phi) is 6.14. The number of nitrogens with zero attached hydrogens (tertiary/aromatic N) is 1. The molecule has 0 bridgehead atoms. The van der Waals surface area contributed by atoms with Gasteiger partial charge in [0, 0.05) is 17.1 Å². The van der Waals surface area contributed by atoms with Crippen molar-refractivity contribution in [1.82, 2.24) is 5.32 Å². The van der Waals surface area contributed by atoms with Crippen LogP contribution in [0.4, 0.5) is 5.69 Å². The van der Waals surface area contributed by atoms with Gasteiger partial charge in [0.1, 0.15) is 0 Å². The highest BCUT2D eigenvalue weighted by Gasteiger charge is 2.25. The summed E-state index contributed by atoms with van der Waals surface area (Å²) in [6, 6.07) is 7.01. The summed E-state index contributed by atoms with van der Waals surface area (Å²) in [7, 11) is 0. The van der Waals surface area contributed by atoms with Crippen LogP contribution in [0.15, 0.2) is 22.7 Å². The lowest BCUT2D eigenvalue weighted by molar-refractivity contribution is 0.570. The maximum Gasteiger partial charge on any atom is 0.0792 e. The normalized spacial score (nSPS) is 15.5. The summed E-state index contributed by atoms with van der Waals surface area (Å²) in [5.74, 6) is 3.61. The zero-order valence-electron chi connectivity index (χ0n) is 13.0. The molecule has 1 fully saturated rings. The molecule has 1 saturated carbocycles. The molecule has 1 atom stereocenters. The van der Waals surface area contributed by atoms with E-state index in [4.69, 9.17) is 6.42 Å². The largest absolute Gasteiger partial charge is 0.359 e. The lowest BCUT2D eigenvalue weighted by Crippen LogP contribution is -2.26. The third-order valence-corrected chi connectivity index (χ3v) is 4.61. The van der Waals surface area contributed by atoms with Crippen molar-refractivity contribution in [3.63, 3.8) is 0 Å². The van der Waals surface area contributed by atoms with E-state index in [1.165, 1.54) is 24.1 Å². The van der Waals surface area contributed by atoms with Crippen LogP contribution >= 0.6 is 15.9 Å². The van der Waals surface area contributed by atoms with Gasteiger partial charge in [0.25, 0.3) is 0 Å². The third kappa shape index (κ3) is 4.76. The van der Waals surface area contributed by atoms with Crippen LogP contribution in [-0.2, 0) is 0 Å². The molecule has 1 aliphatic carbocycles. The van der Waals surface area contributed by atoms with Gasteiger partial charge >= 0.3 is 0 Å². The van der Waals surface area contributed by atoms with Gasteiger partial charge in [-0.3, -0.25) is 0 Å². The monoisotopic (exact) mass is 348 g/mol. The van der Waals surface area contributed by atoms with Crippen molar-refractivity contribution in [2.24, 2.45) is 5.92 Å². The van der Waals surface area contributed by atoms with E-state index in [0.717, 1.165) is 29.9 Å². The van der Waals surface area contributed by atoms with Crippen molar-refractivity contribution in [3.05, 3.63) is 28.2 Å². The minimum atomic E-state index is 0.375. The van der Waals surface area contributed by atoms with Gasteiger partial charge in [-0.1, -0.05) is 18.9 Å². The van der Waals surface area contributed by atoms with Crippen molar-refractivity contribution >= 4 is 21.6 Å². The lowest BCUT2D eigenvalue weighted by atomic mass is 10.1. The highest BCUT2D eigenvalue weighted by Crippen LogP contribution is 2.34. The predicted octanol–water partition coefficient (Wildman–Crippen LogP) is 4.36. The molecule has 0 aromatic heterocycles. The van der Waals surface area contributed by atoms with E-state index < -0.39 is 0 Å². The van der Waals surface area contributed by atoms with Crippen molar-refractivity contribution < 1.29 is 0 Å². The van der Waals surface area contributed by atoms with E-state index in [1.807, 2.05) is 0 Å². The second-order valence-electron chi connectivity index (χ2n) is 5.91. The maximum atomic E-state index is 5.53. The van der Waals surface area contributed by atoms with Crippen LogP contribution in [0.1, 0.15) is 44.7 Å². The molecule has 21 heavy (non-hydrogen) atoms. The number of nitrogens with one attached hydrogen (secondary N) is 1. The molecular formula is C18H25BrN2. The zero-order chi connectivity index (χ0) is 15.2. The Morgan fingerprint density at radius 1 is 1.48 bits per heavy atom. The molecule has 1 aromatic carbocycles. The minimum absolute atomic E-state index is 0.375. The summed E-state index contributed by atoms with van der Waals surface area (Å²) >= 11 is 3.73. The maximum absolute atomic E-state index is 5.53. The summed E-state index contributed by atoms with van der Waals surface area (Å²) in [5.41, 5.74) is 2.53. The average Bonchev–Trinajstić information content (AvgIpc) is 3.28. The van der Waals surface area contributed by atoms with Crippen molar-refractivity contribution in [1.29, 1.82) is 0 Å². The topological polar surface area (TPSA) is 15.3 Å². The van der Waals surface area contributed by atoms with Gasteiger partial charge in [0.2, 0.25) is 0 Å². The highest BCUT2D eigenvalue weighted by molar-refractivity contribution is 9.10. The number of anilines is 1. The van der Waals surface area contributed by atoms with Crippen molar-refractivity contribution in [2.75, 3.05) is 24.5 Å². The third-order valence-electron chi connectivity index (χ3n) is 3.97. The smallest absolute Gasteiger partial charge is 0.0792 e. The van der Waals surface area contributed by atoms with Gasteiger partial charge in [0.15, 0.2) is 0 Å². The van der Waals surface area contributed by atoms with E-state index in [2.05, 4.69) is 64.1 Å². The Labute approximate surface area is 137 Å². The van der Waals surface area contributed by atoms with Gasteiger partial charge in [-0.2, -0.15) is 0 Å². The van der Waals surface area contributed by atoms with Crippen LogP contribution < -0.4 is 10.2 Å². The Morgan fingerprint density at radius 3 is 2.81 bits per heavy atom. The lowest BCUT2D eigenvalue weighted by Gasteiger charge is -2.25. The van der Waals surface area contributed by atoms with Gasteiger partial charge in [0.05, 0.1) is 12.2 Å². The first-order valence-corrected chi connectivity index (χ1v) is 8.66. The average molecular weight is 349 g/mol. The number of hydrogen-bond donors (Lipinski definition) is 1. The molecule has 0 spiro atoms. The minimum Gasteiger partial charge on any atom is -0.359 e. The van der Waals surface area contributed by atoms with E-state index in [0.29, 0.717) is 12.6 Å². The van der Waals surface area contributed by atoms with Crippen LogP contribution in [-0.4, -0.2) is 19.6 Å². The Bertz CT molecular complexity index is 502. The second kappa shape index (κ2) is 7.87. The van der Waals surface area contributed by atoms with Crippen LogP contribution in [0.25, 0.3) is 0 Å². The number of benzene rings is 1. The van der Waals surface area contributed by atoms with E-state index in [-0.39, 0.29) is 0 Å². The van der Waals surface area contributed by atoms with E-state index in [9.17, 15) is 0 Å². The summed E-state index contributed by atoms with van der Waals surface area (Å²) in [4.78, 5) is 2.32. The molecule has 0 heterocycles. The molecular weight excluding hydrogens is 324 g/mol. The van der Waals surface area contributed by atoms with Crippen LogP contribution in [0.5, 0.6) is 0 Å². The fraction of sp³-hybridized carbons (Fsp3) is 0.556. The Morgan fingerprint density at radius 2 is 2.24 bits per heavy atom. The molecule has 0 aliphatic heterocycles. The number of hydrogen-bond acceptors (Lipinski definition) is 2. The first-order chi connectivity index (χ1) is 10.2. The van der Waals surface area contributed by atoms with Gasteiger partial charge < -0.3 is 10.2 Å². The molecule has 1 aromatic rings. The number of halogens is 1. The van der Waals surface area contributed by atoms with E-state index in [1.54, 1.807) is 0 Å². The van der Waals surface area contributed by atoms with Gasteiger partial charge in [-0.05, 0) is 72.3 Å². The summed E-state index contributed by atoms with van der Waals surface area (Å²) in [6.45, 7) is 7.20. The predicted molar refractivity (Wildman–Crippen MR) is 94.6 cm³/mol. The molecule has 0 radical (unpaired) electrons. The SMILES string of the molecule is C#CCN(CC1CC1)c1ccc(C(C)NCCC)cc1Br. The number of rotatable bonds is 8. The zero-order valence-corrected chi connectivity index (χ0v) is 14.6. The van der Waals surface area contributed by atoms with Crippen molar-refractivity contribution in [2.45, 2.75) is 39.2 Å². The van der Waals surface area contributed by atoms with Gasteiger partial charge in [-0.25, -0.2) is 0 Å².